The van der Waals surface area contributed by atoms with Crippen molar-refractivity contribution in [1.82, 2.24) is 16.0 Å². The molecule has 0 bridgehead atoms. The Balaban J connectivity index is 2.08. The van der Waals surface area contributed by atoms with E-state index in [0.29, 0.717) is 18.5 Å². The highest BCUT2D eigenvalue weighted by Crippen LogP contribution is 2.18. The molecule has 0 radical (unpaired) electrons. The predicted octanol–water partition coefficient (Wildman–Crippen LogP) is 2.03. The Morgan fingerprint density at radius 2 is 1.95 bits per heavy atom. The standard InChI is InChI=1S/C16H32N4O/c1-12(2)7-8-13(3)19-16(17-4)18-11-5-6-15(21)20-14-9-10-14/h12-14H,5-11H2,1-4H3,(H,20,21)(H2,17,18,19). The molecule has 0 aliphatic heterocycles. The molecular formula is C16H32N4O. The van der Waals surface area contributed by atoms with Crippen molar-refractivity contribution in [2.75, 3.05) is 13.6 Å². The summed E-state index contributed by atoms with van der Waals surface area (Å²) < 4.78 is 0. The predicted molar refractivity (Wildman–Crippen MR) is 88.4 cm³/mol. The highest BCUT2D eigenvalue weighted by atomic mass is 16.1. The third kappa shape index (κ3) is 9.32. The molecule has 1 fully saturated rings. The highest BCUT2D eigenvalue weighted by Gasteiger charge is 2.22. The molecule has 1 aliphatic rings. The molecule has 1 saturated carbocycles. The first kappa shape index (κ1) is 17.8. The van der Waals surface area contributed by atoms with Gasteiger partial charge in [0, 0.05) is 32.1 Å². The van der Waals surface area contributed by atoms with Crippen LogP contribution in [0.5, 0.6) is 0 Å². The second-order valence-electron chi connectivity index (χ2n) is 6.46. The lowest BCUT2D eigenvalue weighted by atomic mass is 10.0. The lowest BCUT2D eigenvalue weighted by Crippen LogP contribution is -2.42. The molecule has 1 rings (SSSR count). The Morgan fingerprint density at radius 3 is 2.52 bits per heavy atom. The van der Waals surface area contributed by atoms with E-state index in [1.54, 1.807) is 7.05 Å². The van der Waals surface area contributed by atoms with Crippen molar-refractivity contribution in [2.24, 2.45) is 10.9 Å². The summed E-state index contributed by atoms with van der Waals surface area (Å²) in [6.07, 6.45) is 6.07. The number of guanidine groups is 1. The molecule has 0 saturated heterocycles. The number of nitrogens with one attached hydrogen (secondary N) is 3. The van der Waals surface area contributed by atoms with Crippen molar-refractivity contribution in [3.05, 3.63) is 0 Å². The Labute approximate surface area is 129 Å². The second-order valence-corrected chi connectivity index (χ2v) is 6.46. The number of hydrogen-bond acceptors (Lipinski definition) is 2. The van der Waals surface area contributed by atoms with Gasteiger partial charge in [0.2, 0.25) is 5.91 Å². The van der Waals surface area contributed by atoms with E-state index in [-0.39, 0.29) is 5.91 Å². The fraction of sp³-hybridized carbons (Fsp3) is 0.875. The molecule has 1 amide bonds. The molecule has 122 valence electrons. The van der Waals surface area contributed by atoms with Crippen LogP contribution >= 0.6 is 0 Å². The number of rotatable bonds is 9. The van der Waals surface area contributed by atoms with Crippen LogP contribution < -0.4 is 16.0 Å². The van der Waals surface area contributed by atoms with Crippen molar-refractivity contribution >= 4 is 11.9 Å². The first-order valence-corrected chi connectivity index (χ1v) is 8.27. The maximum absolute atomic E-state index is 11.5. The zero-order chi connectivity index (χ0) is 15.7. The molecule has 5 heteroatoms. The molecule has 1 atom stereocenters. The minimum atomic E-state index is 0.174. The highest BCUT2D eigenvalue weighted by molar-refractivity contribution is 5.80. The lowest BCUT2D eigenvalue weighted by Gasteiger charge is -2.18. The van der Waals surface area contributed by atoms with E-state index in [4.69, 9.17) is 0 Å². The third-order valence-corrected chi connectivity index (χ3v) is 3.60. The average Bonchev–Trinajstić information content (AvgIpc) is 3.23. The second kappa shape index (κ2) is 9.64. The van der Waals surface area contributed by atoms with Crippen LogP contribution in [0.15, 0.2) is 4.99 Å². The zero-order valence-corrected chi connectivity index (χ0v) is 14.0. The van der Waals surface area contributed by atoms with E-state index in [0.717, 1.165) is 44.1 Å². The number of nitrogens with zero attached hydrogens (tertiary/aromatic N) is 1. The molecular weight excluding hydrogens is 264 g/mol. The van der Waals surface area contributed by atoms with E-state index in [1.807, 2.05) is 0 Å². The van der Waals surface area contributed by atoms with Gasteiger partial charge in [-0.2, -0.15) is 0 Å². The van der Waals surface area contributed by atoms with Crippen molar-refractivity contribution in [2.45, 2.75) is 71.4 Å². The van der Waals surface area contributed by atoms with Crippen LogP contribution in [0.25, 0.3) is 0 Å². The summed E-state index contributed by atoms with van der Waals surface area (Å²) in [4.78, 5) is 15.8. The third-order valence-electron chi connectivity index (χ3n) is 3.60. The topological polar surface area (TPSA) is 65.5 Å². The summed E-state index contributed by atoms with van der Waals surface area (Å²) in [6, 6.07) is 0.874. The van der Waals surface area contributed by atoms with Gasteiger partial charge in [0.05, 0.1) is 0 Å². The van der Waals surface area contributed by atoms with Crippen LogP contribution in [-0.2, 0) is 4.79 Å². The summed E-state index contributed by atoms with van der Waals surface area (Å²) in [5, 5.41) is 9.66. The fourth-order valence-corrected chi connectivity index (χ4v) is 2.07. The maximum atomic E-state index is 11.5. The van der Waals surface area contributed by atoms with Crippen LogP contribution in [0, 0.1) is 5.92 Å². The van der Waals surface area contributed by atoms with E-state index in [1.165, 1.54) is 6.42 Å². The van der Waals surface area contributed by atoms with Crippen LogP contribution in [0.3, 0.4) is 0 Å². The summed E-state index contributed by atoms with van der Waals surface area (Å²) in [6.45, 7) is 7.44. The van der Waals surface area contributed by atoms with Crippen molar-refractivity contribution in [3.8, 4) is 0 Å². The Kier molecular flexibility index (Phi) is 8.16. The van der Waals surface area contributed by atoms with E-state index in [9.17, 15) is 4.79 Å². The van der Waals surface area contributed by atoms with Gasteiger partial charge in [0.1, 0.15) is 0 Å². The zero-order valence-electron chi connectivity index (χ0n) is 14.0. The summed E-state index contributed by atoms with van der Waals surface area (Å²) in [7, 11) is 1.78. The quantitative estimate of drug-likeness (QED) is 0.346. The minimum Gasteiger partial charge on any atom is -0.356 e. The molecule has 0 aromatic rings. The largest absolute Gasteiger partial charge is 0.356 e. The summed E-state index contributed by atoms with van der Waals surface area (Å²) in [5.74, 6) is 1.73. The first-order chi connectivity index (χ1) is 10.0. The van der Waals surface area contributed by atoms with Crippen LogP contribution in [-0.4, -0.2) is 37.5 Å². The van der Waals surface area contributed by atoms with E-state index in [2.05, 4.69) is 41.7 Å². The number of carbonyl (C=O) groups is 1. The van der Waals surface area contributed by atoms with Crippen LogP contribution in [0.2, 0.25) is 0 Å². The molecule has 0 spiro atoms. The smallest absolute Gasteiger partial charge is 0.220 e. The van der Waals surface area contributed by atoms with Gasteiger partial charge in [-0.15, -0.1) is 0 Å². The van der Waals surface area contributed by atoms with Gasteiger partial charge in [-0.1, -0.05) is 13.8 Å². The molecule has 1 aliphatic carbocycles. The van der Waals surface area contributed by atoms with Crippen LogP contribution in [0.1, 0.15) is 59.3 Å². The van der Waals surface area contributed by atoms with Gasteiger partial charge in [0.15, 0.2) is 5.96 Å². The van der Waals surface area contributed by atoms with Crippen molar-refractivity contribution in [1.29, 1.82) is 0 Å². The molecule has 3 N–H and O–H groups in total. The molecule has 0 aromatic heterocycles. The number of carbonyl (C=O) groups excluding carboxylic acids is 1. The Hall–Kier alpha value is -1.26. The van der Waals surface area contributed by atoms with Gasteiger partial charge < -0.3 is 16.0 Å². The summed E-state index contributed by atoms with van der Waals surface area (Å²) >= 11 is 0. The van der Waals surface area contributed by atoms with Crippen molar-refractivity contribution < 1.29 is 4.79 Å². The fourth-order valence-electron chi connectivity index (χ4n) is 2.07. The van der Waals surface area contributed by atoms with Crippen LogP contribution in [0.4, 0.5) is 0 Å². The average molecular weight is 296 g/mol. The molecule has 5 nitrogen and oxygen atoms in total. The molecule has 1 unspecified atom stereocenters. The number of hydrogen-bond donors (Lipinski definition) is 3. The normalized spacial score (nSPS) is 16.7. The summed E-state index contributed by atoms with van der Waals surface area (Å²) in [5.41, 5.74) is 0. The Bertz CT molecular complexity index is 337. The lowest BCUT2D eigenvalue weighted by molar-refractivity contribution is -0.121. The Morgan fingerprint density at radius 1 is 1.24 bits per heavy atom. The van der Waals surface area contributed by atoms with Gasteiger partial charge in [-0.25, -0.2) is 0 Å². The van der Waals surface area contributed by atoms with E-state index < -0.39 is 0 Å². The van der Waals surface area contributed by atoms with Gasteiger partial charge in [-0.3, -0.25) is 9.79 Å². The minimum absolute atomic E-state index is 0.174. The van der Waals surface area contributed by atoms with Gasteiger partial charge in [-0.05, 0) is 44.9 Å². The van der Waals surface area contributed by atoms with Gasteiger partial charge in [0.25, 0.3) is 0 Å². The van der Waals surface area contributed by atoms with Gasteiger partial charge >= 0.3 is 0 Å². The number of amides is 1. The first-order valence-electron chi connectivity index (χ1n) is 8.27. The van der Waals surface area contributed by atoms with E-state index >= 15 is 0 Å². The SMILES string of the molecule is CN=C(NCCCC(=O)NC1CC1)NC(C)CCC(C)C. The maximum Gasteiger partial charge on any atom is 0.220 e. The molecule has 21 heavy (non-hydrogen) atoms. The molecule has 0 aromatic carbocycles. The number of aliphatic imine (C=N–C) groups is 1. The monoisotopic (exact) mass is 296 g/mol. The molecule has 0 heterocycles. The van der Waals surface area contributed by atoms with Crippen molar-refractivity contribution in [3.63, 3.8) is 0 Å².